The Morgan fingerprint density at radius 3 is 2.46 bits per heavy atom. The van der Waals surface area contributed by atoms with Crippen LogP contribution in [-0.2, 0) is 10.5 Å². The van der Waals surface area contributed by atoms with E-state index in [9.17, 15) is 14.0 Å². The van der Waals surface area contributed by atoms with Crippen molar-refractivity contribution in [2.75, 3.05) is 26.6 Å². The predicted octanol–water partition coefficient (Wildman–Crippen LogP) is 4.79. The fraction of sp³-hybridized carbons (Fsp3) is 0.296. The lowest BCUT2D eigenvalue weighted by Crippen LogP contribution is -2.32. The van der Waals surface area contributed by atoms with E-state index in [1.807, 2.05) is 0 Å². The number of carbonyl (C=O) groups is 1. The van der Waals surface area contributed by atoms with Gasteiger partial charge in [-0.3, -0.25) is 9.59 Å². The average Bonchev–Trinajstić information content (AvgIpc) is 2.90. The van der Waals surface area contributed by atoms with E-state index in [-0.39, 0.29) is 17.2 Å². The van der Waals surface area contributed by atoms with Crippen LogP contribution < -0.4 is 25.1 Å². The number of nitrogens with one attached hydrogen (secondary N) is 2. The van der Waals surface area contributed by atoms with E-state index in [0.717, 1.165) is 5.70 Å². The largest absolute Gasteiger partial charge is 0.493 e. The zero-order valence-corrected chi connectivity index (χ0v) is 21.5. The summed E-state index contributed by atoms with van der Waals surface area (Å²) in [5, 5.41) is 3.61. The van der Waals surface area contributed by atoms with Gasteiger partial charge in [-0.1, -0.05) is 30.0 Å². The molecule has 0 radical (unpaired) electrons. The van der Waals surface area contributed by atoms with Gasteiger partial charge >= 0.3 is 0 Å². The molecule has 0 saturated carbocycles. The first-order valence-corrected chi connectivity index (χ1v) is 12.8. The summed E-state index contributed by atoms with van der Waals surface area (Å²) in [6, 6.07) is 10.0. The van der Waals surface area contributed by atoms with Gasteiger partial charge in [-0.15, -0.1) is 0 Å². The van der Waals surface area contributed by atoms with Gasteiger partial charge in [0, 0.05) is 29.4 Å². The molecule has 1 aromatic heterocycles. The Hall–Kier alpha value is -3.79. The van der Waals surface area contributed by atoms with Crippen LogP contribution in [0.15, 0.2) is 57.6 Å². The molecule has 2 heterocycles. The van der Waals surface area contributed by atoms with Crippen LogP contribution in [-0.4, -0.2) is 37.1 Å². The van der Waals surface area contributed by atoms with Crippen molar-refractivity contribution in [3.05, 3.63) is 80.5 Å². The number of allylic oxidation sites excluding steroid dienone is 2. The monoisotopic (exact) mass is 523 g/mol. The Bertz CT molecular complexity index is 1440. The average molecular weight is 524 g/mol. The van der Waals surface area contributed by atoms with Crippen molar-refractivity contribution in [2.45, 2.75) is 36.1 Å². The van der Waals surface area contributed by atoms with Crippen molar-refractivity contribution >= 4 is 23.4 Å². The van der Waals surface area contributed by atoms with Crippen LogP contribution in [0.1, 0.15) is 41.9 Å². The van der Waals surface area contributed by atoms with Crippen LogP contribution in [0.5, 0.6) is 17.2 Å². The number of rotatable bonds is 7. The highest BCUT2D eigenvalue weighted by Crippen LogP contribution is 2.47. The Morgan fingerprint density at radius 1 is 1.05 bits per heavy atom. The Morgan fingerprint density at radius 2 is 1.78 bits per heavy atom. The number of aromatic nitrogens is 2. The van der Waals surface area contributed by atoms with Crippen molar-refractivity contribution in [1.29, 1.82) is 0 Å². The summed E-state index contributed by atoms with van der Waals surface area (Å²) in [5.74, 6) is 0.937. The normalized spacial score (nSPS) is 16.5. The summed E-state index contributed by atoms with van der Waals surface area (Å²) in [5.41, 5.74) is 2.42. The number of thioether (sulfide) groups is 1. The molecular formula is C27H26FN3O5S. The predicted molar refractivity (Wildman–Crippen MR) is 138 cm³/mol. The van der Waals surface area contributed by atoms with Gasteiger partial charge in [-0.25, -0.2) is 9.37 Å². The molecule has 192 valence electrons. The lowest BCUT2D eigenvalue weighted by atomic mass is 9.76. The first-order chi connectivity index (χ1) is 17.9. The molecule has 2 aromatic carbocycles. The highest BCUT2D eigenvalue weighted by molar-refractivity contribution is 7.98. The maximum absolute atomic E-state index is 14.1. The zero-order valence-electron chi connectivity index (χ0n) is 20.6. The molecule has 1 unspecified atom stereocenters. The third kappa shape index (κ3) is 4.57. The molecule has 0 bridgehead atoms. The molecule has 5 rings (SSSR count). The molecule has 3 aromatic rings. The van der Waals surface area contributed by atoms with Crippen LogP contribution in [0, 0.1) is 5.82 Å². The van der Waals surface area contributed by atoms with E-state index in [4.69, 9.17) is 14.2 Å². The van der Waals surface area contributed by atoms with Gasteiger partial charge < -0.3 is 24.5 Å². The van der Waals surface area contributed by atoms with Crippen molar-refractivity contribution < 1.29 is 23.4 Å². The number of nitrogens with zero attached hydrogens (tertiary/aromatic N) is 1. The number of aromatic amines is 1. The van der Waals surface area contributed by atoms with E-state index >= 15 is 0 Å². The molecule has 0 saturated heterocycles. The van der Waals surface area contributed by atoms with E-state index < -0.39 is 5.92 Å². The SMILES string of the molecule is COc1cc(C2C3=C(CCCC3=O)Nc3nc(SCc4ccccc4F)[nH]c(=O)c32)cc(OC)c1OC. The molecular weight excluding hydrogens is 497 g/mol. The molecule has 8 nitrogen and oxygen atoms in total. The smallest absolute Gasteiger partial charge is 0.257 e. The summed E-state index contributed by atoms with van der Waals surface area (Å²) in [6.45, 7) is 0. The third-order valence-corrected chi connectivity index (χ3v) is 7.50. The van der Waals surface area contributed by atoms with Crippen LogP contribution in [0.3, 0.4) is 0 Å². The number of carbonyl (C=O) groups excluding carboxylic acids is 1. The zero-order chi connectivity index (χ0) is 26.1. The number of ketones is 1. The maximum Gasteiger partial charge on any atom is 0.257 e. The van der Waals surface area contributed by atoms with E-state index in [2.05, 4.69) is 15.3 Å². The fourth-order valence-corrected chi connectivity index (χ4v) is 5.72. The number of methoxy groups -OCH3 is 3. The number of ether oxygens (including phenoxy) is 3. The van der Waals surface area contributed by atoms with Crippen molar-refractivity contribution in [3.8, 4) is 17.2 Å². The molecule has 1 aliphatic carbocycles. The standard InChI is InChI=1S/C27H26FN3O5S/c1-34-19-11-15(12-20(35-2)24(19)36-3)21-22-17(9-6-10-18(22)32)29-25-23(21)26(33)31-27(30-25)37-13-14-7-4-5-8-16(14)28/h4-5,7-8,11-12,21H,6,9-10,13H2,1-3H3,(H2,29,30,31,33). The van der Waals surface area contributed by atoms with Gasteiger partial charge in [0.25, 0.3) is 5.56 Å². The molecule has 1 aliphatic heterocycles. The Balaban J connectivity index is 1.62. The molecule has 0 amide bonds. The molecule has 0 fully saturated rings. The minimum Gasteiger partial charge on any atom is -0.493 e. The number of hydrogen-bond acceptors (Lipinski definition) is 8. The third-order valence-electron chi connectivity index (χ3n) is 6.58. The van der Waals surface area contributed by atoms with Crippen molar-refractivity contribution in [3.63, 3.8) is 0 Å². The topological polar surface area (TPSA) is 103 Å². The molecule has 1 atom stereocenters. The minimum absolute atomic E-state index is 0.0180. The second-order valence-electron chi connectivity index (χ2n) is 8.70. The lowest BCUT2D eigenvalue weighted by molar-refractivity contribution is -0.116. The molecule has 0 spiro atoms. The molecule has 10 heteroatoms. The Kier molecular flexibility index (Phi) is 6.92. The number of benzene rings is 2. The van der Waals surface area contributed by atoms with Gasteiger partial charge in [0.15, 0.2) is 22.4 Å². The summed E-state index contributed by atoms with van der Waals surface area (Å²) in [6.07, 6.45) is 1.77. The highest BCUT2D eigenvalue weighted by Gasteiger charge is 2.38. The van der Waals surface area contributed by atoms with E-state index in [1.54, 1.807) is 30.3 Å². The van der Waals surface area contributed by atoms with Gasteiger partial charge in [0.05, 0.1) is 26.9 Å². The van der Waals surface area contributed by atoms with Gasteiger partial charge in [0.2, 0.25) is 5.75 Å². The van der Waals surface area contributed by atoms with Crippen molar-refractivity contribution in [1.82, 2.24) is 9.97 Å². The van der Waals surface area contributed by atoms with Crippen LogP contribution in [0.25, 0.3) is 0 Å². The lowest BCUT2D eigenvalue weighted by Gasteiger charge is -2.33. The highest BCUT2D eigenvalue weighted by atomic mass is 32.2. The number of fused-ring (bicyclic) bond motifs is 1. The molecule has 2 aliphatic rings. The molecule has 37 heavy (non-hydrogen) atoms. The minimum atomic E-state index is -0.672. The maximum atomic E-state index is 14.1. The van der Waals surface area contributed by atoms with Gasteiger partial charge in [0.1, 0.15) is 11.6 Å². The summed E-state index contributed by atoms with van der Waals surface area (Å²) < 4.78 is 30.6. The van der Waals surface area contributed by atoms with Crippen LogP contribution in [0.2, 0.25) is 0 Å². The van der Waals surface area contributed by atoms with Crippen molar-refractivity contribution in [2.24, 2.45) is 0 Å². The van der Waals surface area contributed by atoms with Gasteiger partial charge in [-0.05, 0) is 42.2 Å². The fourth-order valence-electron chi connectivity index (χ4n) is 4.87. The number of hydrogen-bond donors (Lipinski definition) is 2. The quantitative estimate of drug-likeness (QED) is 0.337. The second-order valence-corrected chi connectivity index (χ2v) is 9.66. The number of H-pyrrole nitrogens is 1. The number of anilines is 1. The van der Waals surface area contributed by atoms with Crippen LogP contribution >= 0.6 is 11.8 Å². The summed E-state index contributed by atoms with van der Waals surface area (Å²) >= 11 is 1.23. The first kappa shape index (κ1) is 24.9. The number of Topliss-reactive ketones (excluding diaryl/α,β-unsaturated/α-hetero) is 1. The van der Waals surface area contributed by atoms with Gasteiger partial charge in [-0.2, -0.15) is 0 Å². The Labute approximate surface area is 217 Å². The summed E-state index contributed by atoms with van der Waals surface area (Å²) in [7, 11) is 4.54. The second kappa shape index (κ2) is 10.3. The van der Waals surface area contributed by atoms with E-state index in [0.29, 0.717) is 75.5 Å². The first-order valence-electron chi connectivity index (χ1n) is 11.8. The van der Waals surface area contributed by atoms with E-state index in [1.165, 1.54) is 39.2 Å². The molecule has 2 N–H and O–H groups in total. The summed E-state index contributed by atoms with van der Waals surface area (Å²) in [4.78, 5) is 34.2. The van der Waals surface area contributed by atoms with Crippen LogP contribution in [0.4, 0.5) is 10.2 Å². The number of halogens is 1.